The second-order valence-electron chi connectivity index (χ2n) is 5.70. The lowest BCUT2D eigenvalue weighted by atomic mass is 10.3. The highest BCUT2D eigenvalue weighted by atomic mass is 16.5. The van der Waals surface area contributed by atoms with Crippen molar-refractivity contribution < 1.29 is 4.74 Å². The Bertz CT molecular complexity index is 792. The molecule has 0 unspecified atom stereocenters. The summed E-state index contributed by atoms with van der Waals surface area (Å²) in [7, 11) is 0. The minimum Gasteiger partial charge on any atom is -0.491 e. The Morgan fingerprint density at radius 1 is 1.08 bits per heavy atom. The summed E-state index contributed by atoms with van der Waals surface area (Å²) in [6.45, 7) is 4.61. The summed E-state index contributed by atoms with van der Waals surface area (Å²) in [5.41, 5.74) is 1.93. The number of aromatic nitrogens is 4. The molecule has 3 aromatic rings. The molecule has 0 radical (unpaired) electrons. The second kappa shape index (κ2) is 8.05. The van der Waals surface area contributed by atoms with Crippen LogP contribution in [0, 0.1) is 0 Å². The first-order valence-corrected chi connectivity index (χ1v) is 8.05. The summed E-state index contributed by atoms with van der Waals surface area (Å²) < 4.78 is 5.63. The van der Waals surface area contributed by atoms with E-state index in [0.717, 1.165) is 17.0 Å². The van der Waals surface area contributed by atoms with Gasteiger partial charge in [0, 0.05) is 24.6 Å². The highest BCUT2D eigenvalue weighted by Crippen LogP contribution is 2.19. The molecular weight excluding hydrogens is 316 g/mol. The van der Waals surface area contributed by atoms with E-state index in [4.69, 9.17) is 4.74 Å². The number of nitrogens with zero attached hydrogens (tertiary/aromatic N) is 4. The zero-order valence-corrected chi connectivity index (χ0v) is 14.2. The predicted molar refractivity (Wildman–Crippen MR) is 96.9 cm³/mol. The lowest BCUT2D eigenvalue weighted by Crippen LogP contribution is -2.06. The van der Waals surface area contributed by atoms with E-state index in [2.05, 4.69) is 30.8 Å². The molecule has 0 saturated heterocycles. The molecule has 128 valence electrons. The van der Waals surface area contributed by atoms with E-state index in [1.165, 1.54) is 0 Å². The van der Waals surface area contributed by atoms with Crippen molar-refractivity contribution in [2.24, 2.45) is 0 Å². The van der Waals surface area contributed by atoms with E-state index in [1.54, 1.807) is 12.4 Å². The van der Waals surface area contributed by atoms with Gasteiger partial charge in [-0.3, -0.25) is 4.98 Å². The molecule has 0 aliphatic rings. The molecule has 2 N–H and O–H groups in total. The first kappa shape index (κ1) is 16.6. The van der Waals surface area contributed by atoms with Crippen LogP contribution in [0.4, 0.5) is 17.5 Å². The molecule has 0 spiro atoms. The molecule has 0 saturated carbocycles. The van der Waals surface area contributed by atoms with Crippen LogP contribution in [-0.2, 0) is 6.54 Å². The van der Waals surface area contributed by atoms with Crippen molar-refractivity contribution in [3.8, 4) is 5.75 Å². The molecule has 0 bridgehead atoms. The predicted octanol–water partition coefficient (Wildman–Crippen LogP) is 3.41. The summed E-state index contributed by atoms with van der Waals surface area (Å²) in [4.78, 5) is 8.49. The number of benzene rings is 1. The van der Waals surface area contributed by atoms with Crippen LogP contribution < -0.4 is 15.4 Å². The molecule has 7 nitrogen and oxygen atoms in total. The van der Waals surface area contributed by atoms with Gasteiger partial charge in [0.2, 0.25) is 5.95 Å². The Kier molecular flexibility index (Phi) is 5.36. The number of hydrogen-bond acceptors (Lipinski definition) is 7. The van der Waals surface area contributed by atoms with Crippen molar-refractivity contribution in [2.75, 3.05) is 10.6 Å². The maximum atomic E-state index is 5.63. The van der Waals surface area contributed by atoms with E-state index < -0.39 is 0 Å². The van der Waals surface area contributed by atoms with E-state index >= 15 is 0 Å². The SMILES string of the molecule is CC(C)Oc1ccc(Nc2nncc(NCc3cccnc3)n2)cc1. The van der Waals surface area contributed by atoms with Crippen molar-refractivity contribution in [1.29, 1.82) is 0 Å². The summed E-state index contributed by atoms with van der Waals surface area (Å²) in [5, 5.41) is 14.3. The molecule has 25 heavy (non-hydrogen) atoms. The van der Waals surface area contributed by atoms with Gasteiger partial charge in [-0.15, -0.1) is 5.10 Å². The van der Waals surface area contributed by atoms with Crippen molar-refractivity contribution in [2.45, 2.75) is 26.5 Å². The van der Waals surface area contributed by atoms with E-state index in [0.29, 0.717) is 18.3 Å². The summed E-state index contributed by atoms with van der Waals surface area (Å²) in [6.07, 6.45) is 5.28. The van der Waals surface area contributed by atoms with Gasteiger partial charge in [0.25, 0.3) is 0 Å². The molecule has 1 aromatic carbocycles. The van der Waals surface area contributed by atoms with Crippen LogP contribution in [0.5, 0.6) is 5.75 Å². The highest BCUT2D eigenvalue weighted by molar-refractivity contribution is 5.55. The third-order valence-corrected chi connectivity index (χ3v) is 3.24. The van der Waals surface area contributed by atoms with Crippen LogP contribution in [0.15, 0.2) is 55.0 Å². The first-order chi connectivity index (χ1) is 12.2. The molecule has 0 fully saturated rings. The highest BCUT2D eigenvalue weighted by Gasteiger charge is 2.03. The van der Waals surface area contributed by atoms with Gasteiger partial charge >= 0.3 is 0 Å². The average molecular weight is 336 g/mol. The summed E-state index contributed by atoms with van der Waals surface area (Å²) in [5.74, 6) is 1.89. The third-order valence-electron chi connectivity index (χ3n) is 3.24. The minimum absolute atomic E-state index is 0.147. The Morgan fingerprint density at radius 3 is 2.64 bits per heavy atom. The average Bonchev–Trinajstić information content (AvgIpc) is 2.62. The smallest absolute Gasteiger partial charge is 0.249 e. The maximum Gasteiger partial charge on any atom is 0.249 e. The fourth-order valence-electron chi connectivity index (χ4n) is 2.16. The molecule has 0 aliphatic heterocycles. The van der Waals surface area contributed by atoms with E-state index in [-0.39, 0.29) is 6.10 Å². The largest absolute Gasteiger partial charge is 0.491 e. The standard InChI is InChI=1S/C18H20N6O/c1-13(2)25-16-7-5-15(6-8-16)22-18-23-17(12-21-24-18)20-11-14-4-3-9-19-10-14/h3-10,12-13H,11H2,1-2H3,(H2,20,22,23,24). The Hall–Kier alpha value is -3.22. The topological polar surface area (TPSA) is 84.9 Å². The Morgan fingerprint density at radius 2 is 1.92 bits per heavy atom. The number of anilines is 3. The van der Waals surface area contributed by atoms with Crippen LogP contribution in [0.1, 0.15) is 19.4 Å². The van der Waals surface area contributed by atoms with Crippen molar-refractivity contribution in [3.05, 3.63) is 60.6 Å². The van der Waals surface area contributed by atoms with Gasteiger partial charge in [-0.2, -0.15) is 10.1 Å². The molecule has 0 amide bonds. The van der Waals surface area contributed by atoms with Crippen LogP contribution >= 0.6 is 0 Å². The van der Waals surface area contributed by atoms with Gasteiger partial charge in [-0.25, -0.2) is 0 Å². The maximum absolute atomic E-state index is 5.63. The normalized spacial score (nSPS) is 10.5. The van der Waals surface area contributed by atoms with Crippen molar-refractivity contribution >= 4 is 17.5 Å². The number of ether oxygens (including phenoxy) is 1. The van der Waals surface area contributed by atoms with Crippen LogP contribution in [0.3, 0.4) is 0 Å². The van der Waals surface area contributed by atoms with Crippen LogP contribution in [0.2, 0.25) is 0 Å². The molecule has 2 heterocycles. The molecule has 3 rings (SSSR count). The molecule has 7 heteroatoms. The summed E-state index contributed by atoms with van der Waals surface area (Å²) in [6, 6.07) is 11.5. The minimum atomic E-state index is 0.147. The van der Waals surface area contributed by atoms with Crippen LogP contribution in [0.25, 0.3) is 0 Å². The molecular formula is C18H20N6O. The zero-order valence-electron chi connectivity index (χ0n) is 14.2. The number of rotatable bonds is 7. The quantitative estimate of drug-likeness (QED) is 0.684. The molecule has 0 atom stereocenters. The van der Waals surface area contributed by atoms with Crippen molar-refractivity contribution in [3.63, 3.8) is 0 Å². The zero-order chi connectivity index (χ0) is 17.5. The Balaban J connectivity index is 1.61. The second-order valence-corrected chi connectivity index (χ2v) is 5.70. The van der Waals surface area contributed by atoms with Gasteiger partial charge in [0.05, 0.1) is 12.3 Å². The van der Waals surface area contributed by atoms with Gasteiger partial charge in [0.1, 0.15) is 5.75 Å². The fourth-order valence-corrected chi connectivity index (χ4v) is 2.16. The molecule has 0 aliphatic carbocycles. The van der Waals surface area contributed by atoms with E-state index in [9.17, 15) is 0 Å². The fraction of sp³-hybridized carbons (Fsp3) is 0.222. The Labute approximate surface area is 146 Å². The van der Waals surface area contributed by atoms with Crippen molar-refractivity contribution in [1.82, 2.24) is 20.2 Å². The number of pyridine rings is 1. The van der Waals surface area contributed by atoms with E-state index in [1.807, 2.05) is 56.4 Å². The number of nitrogens with one attached hydrogen (secondary N) is 2. The lowest BCUT2D eigenvalue weighted by molar-refractivity contribution is 0.242. The van der Waals surface area contributed by atoms with Gasteiger partial charge in [0.15, 0.2) is 5.82 Å². The van der Waals surface area contributed by atoms with Gasteiger partial charge in [-0.1, -0.05) is 6.07 Å². The molecule has 2 aromatic heterocycles. The third kappa shape index (κ3) is 5.13. The van der Waals surface area contributed by atoms with Gasteiger partial charge < -0.3 is 15.4 Å². The first-order valence-electron chi connectivity index (χ1n) is 8.05. The summed E-state index contributed by atoms with van der Waals surface area (Å²) >= 11 is 0. The van der Waals surface area contributed by atoms with Crippen LogP contribution in [-0.4, -0.2) is 26.3 Å². The van der Waals surface area contributed by atoms with Gasteiger partial charge in [-0.05, 0) is 49.7 Å². The lowest BCUT2D eigenvalue weighted by Gasteiger charge is -2.11. The number of hydrogen-bond donors (Lipinski definition) is 2. The monoisotopic (exact) mass is 336 g/mol.